The van der Waals surface area contributed by atoms with Crippen molar-refractivity contribution in [3.63, 3.8) is 0 Å². The predicted molar refractivity (Wildman–Crippen MR) is 28.2 cm³/mol. The Morgan fingerprint density at radius 1 is 1.89 bits per heavy atom. The van der Waals surface area contributed by atoms with E-state index in [2.05, 4.69) is 9.99 Å². The van der Waals surface area contributed by atoms with E-state index in [1.807, 2.05) is 0 Å². The van der Waals surface area contributed by atoms with E-state index in [1.54, 1.807) is 0 Å². The Labute approximate surface area is 51.7 Å². The predicted octanol–water partition coefficient (Wildman–Crippen LogP) is -0.678. The highest BCUT2D eigenvalue weighted by atomic mass is 16.6. The van der Waals surface area contributed by atoms with Crippen LogP contribution in [0.25, 0.3) is 0 Å². The summed E-state index contributed by atoms with van der Waals surface area (Å²) >= 11 is 0. The van der Waals surface area contributed by atoms with Gasteiger partial charge < -0.3 is 4.84 Å². The van der Waals surface area contributed by atoms with Crippen molar-refractivity contribution in [2.45, 2.75) is 0 Å². The lowest BCUT2D eigenvalue weighted by Crippen LogP contribution is -2.12. The normalized spacial score (nSPS) is 10.0. The third-order valence-corrected chi connectivity index (χ3v) is 0.504. The molecule has 0 saturated heterocycles. The summed E-state index contributed by atoms with van der Waals surface area (Å²) in [5, 5.41) is 11.0. The van der Waals surface area contributed by atoms with Gasteiger partial charge in [0, 0.05) is 0 Å². The van der Waals surface area contributed by atoms with Crippen LogP contribution in [0.3, 0.4) is 0 Å². The van der Waals surface area contributed by atoms with Crippen LogP contribution in [0.2, 0.25) is 0 Å². The molecule has 0 rings (SSSR count). The maximum absolute atomic E-state index is 10.00. The van der Waals surface area contributed by atoms with Crippen molar-refractivity contribution in [2.75, 3.05) is 7.11 Å². The van der Waals surface area contributed by atoms with Crippen molar-refractivity contribution < 1.29 is 9.63 Å². The molecule has 0 saturated carbocycles. The van der Waals surface area contributed by atoms with Gasteiger partial charge in [-0.15, -0.1) is 0 Å². The number of carbonyl (C=O) groups excluding carboxylic acids is 1. The monoisotopic (exact) mass is 126 g/mol. The highest BCUT2D eigenvalue weighted by Crippen LogP contribution is 1.75. The molecular weight excluding hydrogens is 122 g/mol. The lowest BCUT2D eigenvalue weighted by atomic mass is 10.4. The van der Waals surface area contributed by atoms with Crippen LogP contribution in [-0.4, -0.2) is 18.7 Å². The SMILES string of the molecule is CO/N=C(\C#N)C([NH])=O. The Morgan fingerprint density at radius 3 is 2.56 bits per heavy atom. The van der Waals surface area contributed by atoms with Gasteiger partial charge in [0.05, 0.1) is 0 Å². The van der Waals surface area contributed by atoms with Crippen molar-refractivity contribution in [1.82, 2.24) is 5.73 Å². The van der Waals surface area contributed by atoms with Crippen LogP contribution in [0.1, 0.15) is 0 Å². The number of nitriles is 1. The van der Waals surface area contributed by atoms with E-state index >= 15 is 0 Å². The van der Waals surface area contributed by atoms with Crippen molar-refractivity contribution >= 4 is 11.6 Å². The van der Waals surface area contributed by atoms with E-state index in [4.69, 9.17) is 11.0 Å². The van der Waals surface area contributed by atoms with E-state index in [1.165, 1.54) is 13.2 Å². The van der Waals surface area contributed by atoms with Gasteiger partial charge in [0.15, 0.2) is 0 Å². The molecule has 1 N–H and O–H groups in total. The zero-order chi connectivity index (χ0) is 7.28. The minimum atomic E-state index is -1.14. The third kappa shape index (κ3) is 2.29. The van der Waals surface area contributed by atoms with Crippen molar-refractivity contribution in [1.29, 1.82) is 5.26 Å². The molecule has 0 fully saturated rings. The van der Waals surface area contributed by atoms with Crippen LogP contribution in [-0.2, 0) is 9.63 Å². The fraction of sp³-hybridized carbons (Fsp3) is 0.250. The average molecular weight is 126 g/mol. The molecule has 0 aliphatic rings. The molecule has 5 heteroatoms. The number of nitrogens with zero attached hydrogens (tertiary/aromatic N) is 2. The lowest BCUT2D eigenvalue weighted by Gasteiger charge is -1.85. The second-order valence-corrected chi connectivity index (χ2v) is 1.06. The van der Waals surface area contributed by atoms with Gasteiger partial charge >= 0.3 is 5.91 Å². The molecule has 0 aliphatic carbocycles. The van der Waals surface area contributed by atoms with Crippen LogP contribution >= 0.6 is 0 Å². The van der Waals surface area contributed by atoms with Gasteiger partial charge in [0.1, 0.15) is 13.2 Å². The summed E-state index contributed by atoms with van der Waals surface area (Å²) in [4.78, 5) is 14.1. The number of hydrogen-bond donors (Lipinski definition) is 0. The molecule has 1 radical (unpaired) electrons. The first-order chi connectivity index (χ1) is 4.22. The maximum atomic E-state index is 10.00. The van der Waals surface area contributed by atoms with Crippen LogP contribution in [0.5, 0.6) is 0 Å². The summed E-state index contributed by atoms with van der Waals surface area (Å²) < 4.78 is 0. The number of oxime groups is 1. The molecule has 1 amide bonds. The zero-order valence-corrected chi connectivity index (χ0v) is 4.71. The lowest BCUT2D eigenvalue weighted by molar-refractivity contribution is -0.112. The summed E-state index contributed by atoms with van der Waals surface area (Å²) in [5.74, 6) is -1.14. The summed E-state index contributed by atoms with van der Waals surface area (Å²) in [6.07, 6.45) is 0. The number of nitrogens with one attached hydrogen (secondary N) is 1. The minimum Gasteiger partial charge on any atom is -0.398 e. The Bertz CT molecular complexity index is 179. The van der Waals surface area contributed by atoms with E-state index < -0.39 is 11.6 Å². The third-order valence-electron chi connectivity index (χ3n) is 0.504. The molecule has 0 aromatic heterocycles. The maximum Gasteiger partial charge on any atom is 0.302 e. The number of amides is 1. The Kier molecular flexibility index (Phi) is 2.84. The highest BCUT2D eigenvalue weighted by molar-refractivity contribution is 6.44. The van der Waals surface area contributed by atoms with Crippen molar-refractivity contribution in [3.8, 4) is 6.07 Å². The smallest absolute Gasteiger partial charge is 0.302 e. The summed E-state index contributed by atoms with van der Waals surface area (Å²) in [6.45, 7) is 0. The number of hydrogen-bond acceptors (Lipinski definition) is 4. The quantitative estimate of drug-likeness (QED) is 0.363. The molecule has 0 aromatic carbocycles. The Balaban J connectivity index is 4.20. The second-order valence-electron chi connectivity index (χ2n) is 1.06. The molecule has 0 aliphatic heterocycles. The van der Waals surface area contributed by atoms with Gasteiger partial charge in [-0.3, -0.25) is 10.5 Å². The topological polar surface area (TPSA) is 86.2 Å². The molecule has 47 valence electrons. The van der Waals surface area contributed by atoms with Gasteiger partial charge in [-0.1, -0.05) is 5.16 Å². The van der Waals surface area contributed by atoms with E-state index in [0.717, 1.165) is 0 Å². The average Bonchev–Trinajstić information content (AvgIpc) is 1.82. The van der Waals surface area contributed by atoms with Gasteiger partial charge in [0.2, 0.25) is 5.71 Å². The molecule has 0 unspecified atom stereocenters. The second kappa shape index (κ2) is 3.43. The largest absolute Gasteiger partial charge is 0.398 e. The molecule has 0 aromatic rings. The van der Waals surface area contributed by atoms with Gasteiger partial charge in [-0.05, 0) is 0 Å². The Hall–Kier alpha value is -1.57. The standard InChI is InChI=1S/C4H4N3O2/c1-9-7-3(2-5)4(6)8/h6H,1H3/b7-3+. The van der Waals surface area contributed by atoms with Crippen LogP contribution < -0.4 is 5.73 Å². The van der Waals surface area contributed by atoms with E-state index in [-0.39, 0.29) is 0 Å². The van der Waals surface area contributed by atoms with E-state index in [0.29, 0.717) is 0 Å². The Morgan fingerprint density at radius 2 is 2.44 bits per heavy atom. The molecule has 5 nitrogen and oxygen atoms in total. The summed E-state index contributed by atoms with van der Waals surface area (Å²) in [7, 11) is 1.19. The molecule has 0 atom stereocenters. The molecule has 0 heterocycles. The van der Waals surface area contributed by atoms with Crippen LogP contribution in [0.4, 0.5) is 0 Å². The number of rotatable bonds is 2. The van der Waals surface area contributed by atoms with Gasteiger partial charge in [-0.25, -0.2) is 0 Å². The first-order valence-electron chi connectivity index (χ1n) is 1.99. The summed E-state index contributed by atoms with van der Waals surface area (Å²) in [5.41, 5.74) is 5.82. The molecule has 0 spiro atoms. The van der Waals surface area contributed by atoms with Gasteiger partial charge in [0.25, 0.3) is 0 Å². The summed E-state index contributed by atoms with van der Waals surface area (Å²) in [6, 6.07) is 1.39. The molecule has 9 heavy (non-hydrogen) atoms. The fourth-order valence-electron chi connectivity index (χ4n) is 0.204. The molecule has 0 bridgehead atoms. The zero-order valence-electron chi connectivity index (χ0n) is 4.71. The van der Waals surface area contributed by atoms with Crippen LogP contribution in [0.15, 0.2) is 5.16 Å². The fourth-order valence-corrected chi connectivity index (χ4v) is 0.204. The van der Waals surface area contributed by atoms with E-state index in [9.17, 15) is 4.79 Å². The number of carbonyl (C=O) groups is 1. The van der Waals surface area contributed by atoms with Gasteiger partial charge in [-0.2, -0.15) is 5.26 Å². The van der Waals surface area contributed by atoms with Crippen LogP contribution in [0, 0.1) is 11.3 Å². The first-order valence-corrected chi connectivity index (χ1v) is 1.99. The van der Waals surface area contributed by atoms with Crippen molar-refractivity contribution in [3.05, 3.63) is 0 Å². The minimum absolute atomic E-state index is 0.544. The first kappa shape index (κ1) is 7.43. The molecular formula is C4H4N3O2. The highest BCUT2D eigenvalue weighted by Gasteiger charge is 2.05. The van der Waals surface area contributed by atoms with Crippen molar-refractivity contribution in [2.24, 2.45) is 5.16 Å².